The van der Waals surface area contributed by atoms with Crippen LogP contribution in [0.3, 0.4) is 0 Å². The minimum Gasteiger partial charge on any atom is -0.377 e. The summed E-state index contributed by atoms with van der Waals surface area (Å²) in [6, 6.07) is 4.85. The van der Waals surface area contributed by atoms with Crippen LogP contribution in [0.2, 0.25) is 0 Å². The van der Waals surface area contributed by atoms with Crippen molar-refractivity contribution in [1.29, 1.82) is 0 Å². The van der Waals surface area contributed by atoms with E-state index in [2.05, 4.69) is 19.9 Å². The van der Waals surface area contributed by atoms with E-state index in [0.29, 0.717) is 36.5 Å². The number of hydrogen-bond acceptors (Lipinski definition) is 6. The Balaban J connectivity index is 1.84. The molecule has 2 aromatic heterocycles. The molecule has 1 fully saturated rings. The summed E-state index contributed by atoms with van der Waals surface area (Å²) in [4.78, 5) is 15.2. The first-order valence-electron chi connectivity index (χ1n) is 7.39. The molecule has 23 heavy (non-hydrogen) atoms. The summed E-state index contributed by atoms with van der Waals surface area (Å²) in [6.07, 6.45) is 1.48. The Hall–Kier alpha value is -2.12. The molecule has 0 aliphatic carbocycles. The Kier molecular flexibility index (Phi) is 3.66. The monoisotopic (exact) mass is 330 g/mol. The molecule has 4 rings (SSSR count). The number of aryl methyl sites for hydroxylation is 1. The van der Waals surface area contributed by atoms with Crippen LogP contribution in [-0.4, -0.2) is 34.7 Å². The standard InChI is InChI=1S/C16H15FN4OS/c1-10-8-23-16(20-10)13-7-22-6-5-21(13)15-14-11(17)3-2-4-12(14)18-9-19-15/h2-4,8-9,13H,5-7H2,1H3/t13-/m1/s1. The van der Waals surface area contributed by atoms with Crippen LogP contribution in [0.1, 0.15) is 16.7 Å². The van der Waals surface area contributed by atoms with E-state index in [1.807, 2.05) is 12.3 Å². The number of benzene rings is 1. The first-order chi connectivity index (χ1) is 11.2. The van der Waals surface area contributed by atoms with Crippen molar-refractivity contribution in [3.05, 3.63) is 46.4 Å². The van der Waals surface area contributed by atoms with Crippen molar-refractivity contribution in [2.75, 3.05) is 24.7 Å². The highest BCUT2D eigenvalue weighted by Crippen LogP contribution is 2.34. The third kappa shape index (κ3) is 2.55. The van der Waals surface area contributed by atoms with Crippen LogP contribution in [0.4, 0.5) is 10.2 Å². The molecule has 7 heteroatoms. The molecular weight excluding hydrogens is 315 g/mol. The normalized spacial score (nSPS) is 18.5. The molecule has 0 bridgehead atoms. The Labute approximate surface area is 136 Å². The van der Waals surface area contributed by atoms with Gasteiger partial charge in [0.05, 0.1) is 24.1 Å². The fourth-order valence-corrected chi connectivity index (χ4v) is 3.75. The molecule has 1 aliphatic heterocycles. The van der Waals surface area contributed by atoms with E-state index in [0.717, 1.165) is 10.7 Å². The summed E-state index contributed by atoms with van der Waals surface area (Å²) < 4.78 is 20.0. The van der Waals surface area contributed by atoms with E-state index in [-0.39, 0.29) is 11.9 Å². The topological polar surface area (TPSA) is 51.1 Å². The molecule has 1 atom stereocenters. The first kappa shape index (κ1) is 14.5. The number of nitrogens with zero attached hydrogens (tertiary/aromatic N) is 4. The minimum atomic E-state index is -0.307. The van der Waals surface area contributed by atoms with Crippen LogP contribution >= 0.6 is 11.3 Å². The van der Waals surface area contributed by atoms with E-state index in [1.165, 1.54) is 12.4 Å². The largest absolute Gasteiger partial charge is 0.377 e. The van der Waals surface area contributed by atoms with Gasteiger partial charge in [-0.3, -0.25) is 0 Å². The second-order valence-corrected chi connectivity index (χ2v) is 6.33. The van der Waals surface area contributed by atoms with Crippen LogP contribution < -0.4 is 4.90 Å². The van der Waals surface area contributed by atoms with Gasteiger partial charge in [-0.15, -0.1) is 11.3 Å². The molecule has 0 spiro atoms. The first-order valence-corrected chi connectivity index (χ1v) is 8.27. The molecule has 0 unspecified atom stereocenters. The Morgan fingerprint density at radius 2 is 2.26 bits per heavy atom. The van der Waals surface area contributed by atoms with Gasteiger partial charge in [0.15, 0.2) is 0 Å². The molecule has 1 aliphatic rings. The van der Waals surface area contributed by atoms with Gasteiger partial charge in [0, 0.05) is 17.6 Å². The highest BCUT2D eigenvalue weighted by Gasteiger charge is 2.30. The van der Waals surface area contributed by atoms with Gasteiger partial charge in [-0.05, 0) is 19.1 Å². The van der Waals surface area contributed by atoms with E-state index < -0.39 is 0 Å². The van der Waals surface area contributed by atoms with Gasteiger partial charge < -0.3 is 9.64 Å². The lowest BCUT2D eigenvalue weighted by atomic mass is 10.1. The zero-order chi connectivity index (χ0) is 15.8. The van der Waals surface area contributed by atoms with Gasteiger partial charge in [0.1, 0.15) is 29.0 Å². The van der Waals surface area contributed by atoms with Gasteiger partial charge >= 0.3 is 0 Å². The Morgan fingerprint density at radius 3 is 3.09 bits per heavy atom. The summed E-state index contributed by atoms with van der Waals surface area (Å²) in [7, 11) is 0. The van der Waals surface area contributed by atoms with E-state index in [9.17, 15) is 4.39 Å². The van der Waals surface area contributed by atoms with Crippen molar-refractivity contribution >= 4 is 28.1 Å². The number of halogens is 1. The van der Waals surface area contributed by atoms with E-state index in [4.69, 9.17) is 4.74 Å². The molecule has 1 aromatic carbocycles. The van der Waals surface area contributed by atoms with Gasteiger partial charge in [0.2, 0.25) is 0 Å². The summed E-state index contributed by atoms with van der Waals surface area (Å²) in [5, 5.41) is 3.43. The summed E-state index contributed by atoms with van der Waals surface area (Å²) >= 11 is 1.59. The number of thiazole rings is 1. The van der Waals surface area contributed by atoms with Gasteiger partial charge in [0.25, 0.3) is 0 Å². The summed E-state index contributed by atoms with van der Waals surface area (Å²) in [6.45, 7) is 3.71. The third-order valence-electron chi connectivity index (χ3n) is 3.91. The van der Waals surface area contributed by atoms with E-state index in [1.54, 1.807) is 23.5 Å². The molecule has 5 nitrogen and oxygen atoms in total. The predicted octanol–water partition coefficient (Wildman–Crippen LogP) is 3.11. The molecular formula is C16H15FN4OS. The zero-order valence-electron chi connectivity index (χ0n) is 12.6. The third-order valence-corrected chi connectivity index (χ3v) is 4.98. The maximum atomic E-state index is 14.4. The smallest absolute Gasteiger partial charge is 0.143 e. The lowest BCUT2D eigenvalue weighted by Crippen LogP contribution is -2.40. The zero-order valence-corrected chi connectivity index (χ0v) is 13.4. The second-order valence-electron chi connectivity index (χ2n) is 5.44. The number of anilines is 1. The summed E-state index contributed by atoms with van der Waals surface area (Å²) in [5.41, 5.74) is 1.59. The summed E-state index contributed by atoms with van der Waals surface area (Å²) in [5.74, 6) is 0.299. The second kappa shape index (κ2) is 5.82. The molecule has 3 aromatic rings. The number of rotatable bonds is 2. The SMILES string of the molecule is Cc1csc([C@H]2COCCN2c2ncnc3cccc(F)c23)n1. The highest BCUT2D eigenvalue weighted by molar-refractivity contribution is 7.09. The Bertz CT molecular complexity index is 848. The van der Waals surface area contributed by atoms with Crippen LogP contribution in [-0.2, 0) is 4.74 Å². The van der Waals surface area contributed by atoms with Gasteiger partial charge in [-0.25, -0.2) is 19.3 Å². The average molecular weight is 330 g/mol. The van der Waals surface area contributed by atoms with Crippen molar-refractivity contribution in [3.8, 4) is 0 Å². The average Bonchev–Trinajstić information content (AvgIpc) is 3.01. The molecule has 0 radical (unpaired) electrons. The quantitative estimate of drug-likeness (QED) is 0.723. The van der Waals surface area contributed by atoms with Crippen LogP contribution in [0.15, 0.2) is 29.9 Å². The molecule has 118 valence electrons. The van der Waals surface area contributed by atoms with Crippen molar-refractivity contribution in [2.24, 2.45) is 0 Å². The molecule has 1 saturated heterocycles. The lowest BCUT2D eigenvalue weighted by molar-refractivity contribution is 0.0937. The van der Waals surface area contributed by atoms with Crippen LogP contribution in [0.25, 0.3) is 10.9 Å². The van der Waals surface area contributed by atoms with Crippen LogP contribution in [0.5, 0.6) is 0 Å². The molecule has 0 amide bonds. The Morgan fingerprint density at radius 1 is 1.35 bits per heavy atom. The highest BCUT2D eigenvalue weighted by atomic mass is 32.1. The molecule has 0 N–H and O–H groups in total. The lowest BCUT2D eigenvalue weighted by Gasteiger charge is -2.35. The number of fused-ring (bicyclic) bond motifs is 1. The number of hydrogen-bond donors (Lipinski definition) is 0. The fourth-order valence-electron chi connectivity index (χ4n) is 2.86. The van der Waals surface area contributed by atoms with Gasteiger partial charge in [-0.2, -0.15) is 0 Å². The van der Waals surface area contributed by atoms with E-state index >= 15 is 0 Å². The number of ether oxygens (including phenoxy) is 1. The van der Waals surface area contributed by atoms with Crippen molar-refractivity contribution in [1.82, 2.24) is 15.0 Å². The van der Waals surface area contributed by atoms with Crippen molar-refractivity contribution in [3.63, 3.8) is 0 Å². The maximum absolute atomic E-state index is 14.4. The van der Waals surface area contributed by atoms with Crippen molar-refractivity contribution < 1.29 is 9.13 Å². The minimum absolute atomic E-state index is 0.0554. The van der Waals surface area contributed by atoms with Crippen molar-refractivity contribution in [2.45, 2.75) is 13.0 Å². The maximum Gasteiger partial charge on any atom is 0.143 e. The van der Waals surface area contributed by atoms with Gasteiger partial charge in [-0.1, -0.05) is 6.07 Å². The van der Waals surface area contributed by atoms with Crippen LogP contribution in [0, 0.1) is 12.7 Å². The fraction of sp³-hybridized carbons (Fsp3) is 0.312. The number of morpholine rings is 1. The molecule has 0 saturated carbocycles. The number of aromatic nitrogens is 3. The predicted molar refractivity (Wildman–Crippen MR) is 87.3 cm³/mol. The molecule has 3 heterocycles.